The van der Waals surface area contributed by atoms with Gasteiger partial charge >= 0.3 is 0 Å². The Morgan fingerprint density at radius 2 is 1.64 bits per heavy atom. The van der Waals surface area contributed by atoms with Crippen molar-refractivity contribution in [3.63, 3.8) is 0 Å². The van der Waals surface area contributed by atoms with Gasteiger partial charge in [-0.1, -0.05) is 48.5 Å². The van der Waals surface area contributed by atoms with Crippen LogP contribution in [0.3, 0.4) is 0 Å². The molecule has 0 bridgehead atoms. The summed E-state index contributed by atoms with van der Waals surface area (Å²) in [5.41, 5.74) is 3.31. The molecule has 0 spiro atoms. The van der Waals surface area contributed by atoms with Crippen LogP contribution >= 0.6 is 0 Å². The van der Waals surface area contributed by atoms with E-state index < -0.39 is 5.41 Å². The van der Waals surface area contributed by atoms with E-state index in [4.69, 9.17) is 0 Å². The van der Waals surface area contributed by atoms with E-state index in [0.29, 0.717) is 6.42 Å². The maximum Gasteiger partial charge on any atom is 0.241 e. The van der Waals surface area contributed by atoms with Crippen molar-refractivity contribution in [2.75, 3.05) is 5.32 Å². The summed E-state index contributed by atoms with van der Waals surface area (Å²) in [4.78, 5) is 16.2. The number of anilines is 1. The minimum Gasteiger partial charge on any atom is -0.364 e. The fourth-order valence-corrected chi connectivity index (χ4v) is 3.35. The Labute approximate surface area is 129 Å². The van der Waals surface area contributed by atoms with Gasteiger partial charge in [-0.2, -0.15) is 0 Å². The zero-order valence-corrected chi connectivity index (χ0v) is 12.0. The molecule has 3 aromatic rings. The number of carbonyl (C=O) groups is 1. The molecule has 4 rings (SSSR count). The molecule has 1 amide bonds. The Hall–Kier alpha value is -2.81. The Bertz CT molecular complexity index is 808. The molecule has 1 aromatic heterocycles. The third-order valence-corrected chi connectivity index (χ3v) is 4.39. The van der Waals surface area contributed by atoms with Crippen LogP contribution in [-0.4, -0.2) is 10.9 Å². The van der Waals surface area contributed by atoms with E-state index >= 15 is 0 Å². The highest BCUT2D eigenvalue weighted by Gasteiger charge is 2.48. The summed E-state index contributed by atoms with van der Waals surface area (Å²) < 4.78 is 0. The highest BCUT2D eigenvalue weighted by atomic mass is 16.2. The lowest BCUT2D eigenvalue weighted by Crippen LogP contribution is -2.38. The van der Waals surface area contributed by atoms with Gasteiger partial charge in [0.1, 0.15) is 5.41 Å². The largest absolute Gasteiger partial charge is 0.364 e. The summed E-state index contributed by atoms with van der Waals surface area (Å²) >= 11 is 0. The van der Waals surface area contributed by atoms with Crippen LogP contribution in [0.25, 0.3) is 0 Å². The fourth-order valence-electron chi connectivity index (χ4n) is 3.35. The molecule has 2 heterocycles. The molecule has 2 N–H and O–H groups in total. The Morgan fingerprint density at radius 1 is 0.864 bits per heavy atom. The first-order chi connectivity index (χ1) is 10.8. The van der Waals surface area contributed by atoms with Crippen molar-refractivity contribution in [2.45, 2.75) is 11.8 Å². The molecular formula is C19H16N2O. The van der Waals surface area contributed by atoms with Crippen LogP contribution in [0.1, 0.15) is 16.8 Å². The third kappa shape index (κ3) is 1.79. The summed E-state index contributed by atoms with van der Waals surface area (Å²) in [5.74, 6) is 0.0278. The van der Waals surface area contributed by atoms with Crippen molar-refractivity contribution in [1.82, 2.24) is 4.98 Å². The van der Waals surface area contributed by atoms with Gasteiger partial charge in [0, 0.05) is 17.6 Å². The van der Waals surface area contributed by atoms with Crippen LogP contribution in [0.4, 0.5) is 5.69 Å². The molecule has 1 atom stereocenters. The van der Waals surface area contributed by atoms with Crippen LogP contribution in [0.2, 0.25) is 0 Å². The lowest BCUT2D eigenvalue weighted by Gasteiger charge is -2.27. The maximum absolute atomic E-state index is 12.9. The van der Waals surface area contributed by atoms with Gasteiger partial charge in [0.25, 0.3) is 0 Å². The monoisotopic (exact) mass is 288 g/mol. The number of rotatable bonds is 3. The van der Waals surface area contributed by atoms with Gasteiger partial charge < -0.3 is 10.3 Å². The number of fused-ring (bicyclic) bond motifs is 1. The fraction of sp³-hybridized carbons (Fsp3) is 0.105. The Morgan fingerprint density at radius 3 is 2.41 bits per heavy atom. The molecule has 0 radical (unpaired) electrons. The first-order valence-electron chi connectivity index (χ1n) is 7.39. The van der Waals surface area contributed by atoms with E-state index in [1.807, 2.05) is 60.8 Å². The number of para-hydroxylation sites is 1. The summed E-state index contributed by atoms with van der Waals surface area (Å²) in [7, 11) is 0. The Balaban J connectivity index is 1.93. The predicted octanol–water partition coefficient (Wildman–Crippen LogP) is 3.50. The molecule has 0 unspecified atom stereocenters. The van der Waals surface area contributed by atoms with Crippen LogP contribution in [-0.2, 0) is 16.6 Å². The first kappa shape index (κ1) is 12.9. The van der Waals surface area contributed by atoms with Crippen molar-refractivity contribution in [3.8, 4) is 0 Å². The second-order valence-corrected chi connectivity index (χ2v) is 5.65. The number of H-pyrrole nitrogens is 1. The Kier molecular flexibility index (Phi) is 2.86. The summed E-state index contributed by atoms with van der Waals surface area (Å²) in [6, 6.07) is 22.0. The SMILES string of the molecule is O=C1Nc2ccccc2[C@@]1(Cc1ccccc1)c1ccc[nH]1. The lowest BCUT2D eigenvalue weighted by molar-refractivity contribution is -0.119. The quantitative estimate of drug-likeness (QED) is 0.761. The predicted molar refractivity (Wildman–Crippen MR) is 86.8 cm³/mol. The van der Waals surface area contributed by atoms with E-state index in [0.717, 1.165) is 22.5 Å². The standard InChI is InChI=1S/C19H16N2O/c22-18-19(17-11-6-12-20-17,13-14-7-2-1-3-8-14)15-9-4-5-10-16(15)21-18/h1-12,20H,13H2,(H,21,22)/t19-/m0/s1. The van der Waals surface area contributed by atoms with E-state index in [2.05, 4.69) is 22.4 Å². The van der Waals surface area contributed by atoms with Crippen molar-refractivity contribution in [3.05, 3.63) is 89.7 Å². The van der Waals surface area contributed by atoms with E-state index in [1.165, 1.54) is 0 Å². The summed E-state index contributed by atoms with van der Waals surface area (Å²) in [6.45, 7) is 0. The molecule has 0 saturated carbocycles. The number of aromatic nitrogens is 1. The normalized spacial score (nSPS) is 19.7. The van der Waals surface area contributed by atoms with Crippen molar-refractivity contribution >= 4 is 11.6 Å². The van der Waals surface area contributed by atoms with Crippen LogP contribution in [0, 0.1) is 0 Å². The third-order valence-electron chi connectivity index (χ3n) is 4.39. The van der Waals surface area contributed by atoms with Gasteiger partial charge in [-0.05, 0) is 35.7 Å². The van der Waals surface area contributed by atoms with E-state index in [9.17, 15) is 4.79 Å². The highest BCUT2D eigenvalue weighted by molar-refractivity contribution is 6.08. The minimum atomic E-state index is -0.693. The molecule has 3 heteroatoms. The van der Waals surface area contributed by atoms with Gasteiger partial charge in [-0.25, -0.2) is 0 Å². The molecule has 0 fully saturated rings. The average Bonchev–Trinajstić information content (AvgIpc) is 3.16. The number of amides is 1. The highest BCUT2D eigenvalue weighted by Crippen LogP contribution is 2.44. The molecule has 22 heavy (non-hydrogen) atoms. The second-order valence-electron chi connectivity index (χ2n) is 5.65. The first-order valence-corrected chi connectivity index (χ1v) is 7.39. The van der Waals surface area contributed by atoms with Gasteiger partial charge in [-0.15, -0.1) is 0 Å². The topological polar surface area (TPSA) is 44.9 Å². The van der Waals surface area contributed by atoms with Crippen molar-refractivity contribution < 1.29 is 4.79 Å². The van der Waals surface area contributed by atoms with Gasteiger partial charge in [0.2, 0.25) is 5.91 Å². The van der Waals surface area contributed by atoms with Crippen LogP contribution < -0.4 is 5.32 Å². The summed E-state index contributed by atoms with van der Waals surface area (Å²) in [5, 5.41) is 3.04. The molecule has 1 aliphatic rings. The number of aromatic amines is 1. The second kappa shape index (κ2) is 4.88. The van der Waals surface area contributed by atoms with Gasteiger partial charge in [-0.3, -0.25) is 4.79 Å². The molecular weight excluding hydrogens is 272 g/mol. The molecule has 2 aromatic carbocycles. The summed E-state index contributed by atoms with van der Waals surface area (Å²) in [6.07, 6.45) is 2.51. The zero-order valence-electron chi connectivity index (χ0n) is 12.0. The number of hydrogen-bond donors (Lipinski definition) is 2. The zero-order chi connectivity index (χ0) is 15.0. The van der Waals surface area contributed by atoms with E-state index in [-0.39, 0.29) is 5.91 Å². The number of hydrogen-bond acceptors (Lipinski definition) is 1. The number of carbonyl (C=O) groups excluding carboxylic acids is 1. The van der Waals surface area contributed by atoms with Gasteiger partial charge in [0.15, 0.2) is 0 Å². The number of nitrogens with one attached hydrogen (secondary N) is 2. The molecule has 0 saturated heterocycles. The number of benzene rings is 2. The molecule has 108 valence electrons. The average molecular weight is 288 g/mol. The van der Waals surface area contributed by atoms with Gasteiger partial charge in [0.05, 0.1) is 0 Å². The van der Waals surface area contributed by atoms with Crippen molar-refractivity contribution in [2.24, 2.45) is 0 Å². The van der Waals surface area contributed by atoms with Crippen molar-refractivity contribution in [1.29, 1.82) is 0 Å². The van der Waals surface area contributed by atoms with Crippen LogP contribution in [0.5, 0.6) is 0 Å². The molecule has 3 nitrogen and oxygen atoms in total. The van der Waals surface area contributed by atoms with E-state index in [1.54, 1.807) is 0 Å². The lowest BCUT2D eigenvalue weighted by atomic mass is 9.74. The molecule has 0 aliphatic carbocycles. The van der Waals surface area contributed by atoms with Crippen LogP contribution in [0.15, 0.2) is 72.9 Å². The minimum absolute atomic E-state index is 0.0278. The smallest absolute Gasteiger partial charge is 0.241 e. The molecule has 1 aliphatic heterocycles. The maximum atomic E-state index is 12.9.